The van der Waals surface area contributed by atoms with Crippen LogP contribution in [0.25, 0.3) is 0 Å². The van der Waals surface area contributed by atoms with Gasteiger partial charge in [-0.25, -0.2) is 8.78 Å². The van der Waals surface area contributed by atoms with Crippen LogP contribution in [0.5, 0.6) is 0 Å². The Balaban J connectivity index is 2.33. The third kappa shape index (κ3) is 2.17. The molecule has 0 radical (unpaired) electrons. The molecule has 0 aliphatic carbocycles. The van der Waals surface area contributed by atoms with Crippen LogP contribution in [0, 0.1) is 18.6 Å². The van der Waals surface area contributed by atoms with E-state index in [0.717, 1.165) is 31.4 Å². The van der Waals surface area contributed by atoms with E-state index >= 15 is 0 Å². The first-order valence-electron chi connectivity index (χ1n) is 5.37. The van der Waals surface area contributed by atoms with E-state index in [1.165, 1.54) is 6.07 Å². The highest BCUT2D eigenvalue weighted by atomic mass is 19.2. The summed E-state index contributed by atoms with van der Waals surface area (Å²) in [4.78, 5) is 0. The lowest BCUT2D eigenvalue weighted by Crippen LogP contribution is -2.27. The lowest BCUT2D eigenvalue weighted by atomic mass is 9.96. The number of rotatable bonds is 1. The molecule has 0 amide bonds. The van der Waals surface area contributed by atoms with E-state index in [9.17, 15) is 8.78 Å². The van der Waals surface area contributed by atoms with E-state index in [1.54, 1.807) is 13.0 Å². The van der Waals surface area contributed by atoms with E-state index in [-0.39, 0.29) is 6.04 Å². The summed E-state index contributed by atoms with van der Waals surface area (Å²) in [5.74, 6) is -1.43. The summed E-state index contributed by atoms with van der Waals surface area (Å²) in [7, 11) is 0. The molecule has 0 saturated carbocycles. The summed E-state index contributed by atoms with van der Waals surface area (Å²) in [6.07, 6.45) is 3.08. The minimum Gasteiger partial charge on any atom is -0.310 e. The van der Waals surface area contributed by atoms with Crippen LogP contribution in [-0.4, -0.2) is 6.54 Å². The van der Waals surface area contributed by atoms with Crippen LogP contribution >= 0.6 is 0 Å². The zero-order valence-electron chi connectivity index (χ0n) is 8.82. The van der Waals surface area contributed by atoms with Gasteiger partial charge < -0.3 is 5.32 Å². The van der Waals surface area contributed by atoms with Gasteiger partial charge in [0.15, 0.2) is 11.6 Å². The molecular weight excluding hydrogens is 196 g/mol. The van der Waals surface area contributed by atoms with E-state index in [0.29, 0.717) is 5.56 Å². The molecule has 0 aromatic heterocycles. The van der Waals surface area contributed by atoms with Crippen molar-refractivity contribution in [2.24, 2.45) is 0 Å². The predicted molar refractivity (Wildman–Crippen MR) is 55.7 cm³/mol. The highest BCUT2D eigenvalue weighted by molar-refractivity contribution is 5.28. The standard InChI is InChI=1S/C12H15F2N/c1-8-6-9(12(14)10(13)7-8)11-4-2-3-5-15-11/h6-7,11,15H,2-5H2,1H3. The number of halogens is 2. The molecule has 2 rings (SSSR count). The van der Waals surface area contributed by atoms with Gasteiger partial charge in [0.05, 0.1) is 0 Å². The van der Waals surface area contributed by atoms with Gasteiger partial charge in [-0.2, -0.15) is 0 Å². The zero-order valence-corrected chi connectivity index (χ0v) is 8.82. The summed E-state index contributed by atoms with van der Waals surface area (Å²) >= 11 is 0. The topological polar surface area (TPSA) is 12.0 Å². The van der Waals surface area contributed by atoms with Crippen LogP contribution < -0.4 is 5.32 Å². The summed E-state index contributed by atoms with van der Waals surface area (Å²) in [6.45, 7) is 2.68. The van der Waals surface area contributed by atoms with Crippen molar-refractivity contribution < 1.29 is 8.78 Å². The van der Waals surface area contributed by atoms with E-state index < -0.39 is 11.6 Å². The van der Waals surface area contributed by atoms with Crippen molar-refractivity contribution in [1.29, 1.82) is 0 Å². The van der Waals surface area contributed by atoms with Crippen molar-refractivity contribution in [2.45, 2.75) is 32.2 Å². The van der Waals surface area contributed by atoms with E-state index in [4.69, 9.17) is 0 Å². The number of piperidine rings is 1. The smallest absolute Gasteiger partial charge is 0.163 e. The fraction of sp³-hybridized carbons (Fsp3) is 0.500. The van der Waals surface area contributed by atoms with Crippen molar-refractivity contribution in [2.75, 3.05) is 6.54 Å². The van der Waals surface area contributed by atoms with Crippen molar-refractivity contribution in [1.82, 2.24) is 5.32 Å². The molecule has 0 bridgehead atoms. The first kappa shape index (κ1) is 10.6. The second-order valence-corrected chi connectivity index (χ2v) is 4.15. The van der Waals surface area contributed by atoms with Crippen LogP contribution in [0.1, 0.15) is 36.4 Å². The SMILES string of the molecule is Cc1cc(F)c(F)c(C2CCCCN2)c1. The minimum absolute atomic E-state index is 0.0202. The molecule has 1 saturated heterocycles. The molecule has 1 nitrogen and oxygen atoms in total. The maximum atomic E-state index is 13.6. The Labute approximate surface area is 88.5 Å². The Morgan fingerprint density at radius 3 is 2.73 bits per heavy atom. The van der Waals surface area contributed by atoms with Gasteiger partial charge in [-0.05, 0) is 37.9 Å². The fourth-order valence-corrected chi connectivity index (χ4v) is 2.12. The monoisotopic (exact) mass is 211 g/mol. The van der Waals surface area contributed by atoms with Gasteiger partial charge in [0.1, 0.15) is 0 Å². The quantitative estimate of drug-likeness (QED) is 0.752. The largest absolute Gasteiger partial charge is 0.310 e. The van der Waals surface area contributed by atoms with Crippen LogP contribution in [-0.2, 0) is 0 Å². The number of benzene rings is 1. The van der Waals surface area contributed by atoms with Gasteiger partial charge in [0, 0.05) is 11.6 Å². The molecule has 1 aromatic carbocycles. The lowest BCUT2D eigenvalue weighted by molar-refractivity contribution is 0.390. The Bertz CT molecular complexity index is 357. The first-order valence-corrected chi connectivity index (χ1v) is 5.37. The highest BCUT2D eigenvalue weighted by Gasteiger charge is 2.20. The molecule has 0 spiro atoms. The molecule has 1 aliphatic heterocycles. The van der Waals surface area contributed by atoms with Crippen LogP contribution in [0.15, 0.2) is 12.1 Å². The fourth-order valence-electron chi connectivity index (χ4n) is 2.12. The zero-order chi connectivity index (χ0) is 10.8. The normalized spacial score (nSPS) is 21.7. The molecule has 1 heterocycles. The summed E-state index contributed by atoms with van der Waals surface area (Å²) < 4.78 is 26.7. The summed E-state index contributed by atoms with van der Waals surface area (Å²) in [6, 6.07) is 2.96. The summed E-state index contributed by atoms with van der Waals surface area (Å²) in [5.41, 5.74) is 1.25. The van der Waals surface area contributed by atoms with Gasteiger partial charge in [0.2, 0.25) is 0 Å². The first-order chi connectivity index (χ1) is 7.18. The van der Waals surface area contributed by atoms with Crippen molar-refractivity contribution in [3.05, 3.63) is 34.9 Å². The lowest BCUT2D eigenvalue weighted by Gasteiger charge is -2.24. The van der Waals surface area contributed by atoms with Gasteiger partial charge in [-0.15, -0.1) is 0 Å². The predicted octanol–water partition coefficient (Wildman–Crippen LogP) is 3.09. The van der Waals surface area contributed by atoms with Crippen molar-refractivity contribution >= 4 is 0 Å². The molecular formula is C12H15F2N. The molecule has 82 valence electrons. The Morgan fingerprint density at radius 2 is 2.07 bits per heavy atom. The maximum Gasteiger partial charge on any atom is 0.163 e. The number of aryl methyl sites for hydroxylation is 1. The highest BCUT2D eigenvalue weighted by Crippen LogP contribution is 2.27. The maximum absolute atomic E-state index is 13.6. The second-order valence-electron chi connectivity index (χ2n) is 4.15. The second kappa shape index (κ2) is 4.27. The third-order valence-corrected chi connectivity index (χ3v) is 2.89. The molecule has 1 fully saturated rings. The Hall–Kier alpha value is -0.960. The van der Waals surface area contributed by atoms with Crippen molar-refractivity contribution in [3.63, 3.8) is 0 Å². The molecule has 1 N–H and O–H groups in total. The molecule has 1 unspecified atom stereocenters. The molecule has 1 aliphatic rings. The van der Waals surface area contributed by atoms with E-state index in [2.05, 4.69) is 5.32 Å². The Morgan fingerprint density at radius 1 is 1.27 bits per heavy atom. The molecule has 1 atom stereocenters. The number of hydrogen-bond acceptors (Lipinski definition) is 1. The van der Waals surface area contributed by atoms with Gasteiger partial charge in [-0.3, -0.25) is 0 Å². The molecule has 15 heavy (non-hydrogen) atoms. The summed E-state index contributed by atoms with van der Waals surface area (Å²) in [5, 5.41) is 3.22. The average molecular weight is 211 g/mol. The molecule has 1 aromatic rings. The Kier molecular flexibility index (Phi) is 3.00. The van der Waals surface area contributed by atoms with Crippen LogP contribution in [0.2, 0.25) is 0 Å². The van der Waals surface area contributed by atoms with Crippen LogP contribution in [0.3, 0.4) is 0 Å². The van der Waals surface area contributed by atoms with Gasteiger partial charge in [-0.1, -0.05) is 12.5 Å². The van der Waals surface area contributed by atoms with Crippen molar-refractivity contribution in [3.8, 4) is 0 Å². The average Bonchev–Trinajstić information content (AvgIpc) is 2.24. The number of nitrogens with one attached hydrogen (secondary N) is 1. The van der Waals surface area contributed by atoms with Gasteiger partial charge >= 0.3 is 0 Å². The van der Waals surface area contributed by atoms with Crippen LogP contribution in [0.4, 0.5) is 8.78 Å². The van der Waals surface area contributed by atoms with E-state index in [1.807, 2.05) is 0 Å². The number of hydrogen-bond donors (Lipinski definition) is 1. The van der Waals surface area contributed by atoms with Gasteiger partial charge in [0.25, 0.3) is 0 Å². The third-order valence-electron chi connectivity index (χ3n) is 2.89. The minimum atomic E-state index is -0.739. The molecule has 3 heteroatoms.